The van der Waals surface area contributed by atoms with E-state index < -0.39 is 11.5 Å². The first kappa shape index (κ1) is 23.0. The van der Waals surface area contributed by atoms with Crippen molar-refractivity contribution in [2.24, 2.45) is 11.8 Å². The number of aliphatic carboxylic acids is 1. The Morgan fingerprint density at radius 1 is 0.818 bits per heavy atom. The maximum atomic E-state index is 12.7. The topological polar surface area (TPSA) is 95.5 Å². The maximum Gasteiger partial charge on any atom is 0.328 e. The summed E-state index contributed by atoms with van der Waals surface area (Å²) >= 11 is 0. The van der Waals surface area contributed by atoms with Gasteiger partial charge in [-0.2, -0.15) is 0 Å². The fraction of sp³-hybridized carbons (Fsp3) is 0.444. The molecule has 1 saturated carbocycles. The summed E-state index contributed by atoms with van der Waals surface area (Å²) in [5.74, 6) is -0.934. The fourth-order valence-electron chi connectivity index (χ4n) is 4.98. The predicted molar refractivity (Wildman–Crippen MR) is 127 cm³/mol. The molecule has 0 heterocycles. The van der Waals surface area contributed by atoms with Crippen LogP contribution in [0.2, 0.25) is 0 Å². The quantitative estimate of drug-likeness (QED) is 0.614. The van der Waals surface area contributed by atoms with Crippen LogP contribution in [-0.2, 0) is 27.2 Å². The minimum absolute atomic E-state index is 0.0189. The highest BCUT2D eigenvalue weighted by atomic mass is 16.4. The van der Waals surface area contributed by atoms with Crippen LogP contribution in [0, 0.1) is 11.8 Å². The molecule has 33 heavy (non-hydrogen) atoms. The fourth-order valence-corrected chi connectivity index (χ4v) is 4.98. The van der Waals surface area contributed by atoms with E-state index in [-0.39, 0.29) is 23.7 Å². The standard InChI is InChI=1S/C27H32N2O4/c1-27(2,26(32)33)29-25(31)19-9-7-17(8-10-19)18-11-13-23(14-12-18)28-24(30)22-15-20-5-3-4-6-21(20)16-22/h3-6,11-14,17,19,22H,7-10,15-16H2,1-2H3,(H,28,30)(H,29,31)(H,32,33)/t17-,19-. The van der Waals surface area contributed by atoms with Gasteiger partial charge in [0.25, 0.3) is 0 Å². The number of carbonyl (C=O) groups excluding carboxylic acids is 2. The molecular weight excluding hydrogens is 416 g/mol. The van der Waals surface area contributed by atoms with Gasteiger partial charge >= 0.3 is 5.97 Å². The molecule has 0 aromatic heterocycles. The van der Waals surface area contributed by atoms with Gasteiger partial charge in [0.2, 0.25) is 11.8 Å². The molecule has 2 aliphatic rings. The summed E-state index contributed by atoms with van der Waals surface area (Å²) in [5, 5.41) is 14.9. The van der Waals surface area contributed by atoms with Gasteiger partial charge in [-0.15, -0.1) is 0 Å². The Morgan fingerprint density at radius 2 is 1.39 bits per heavy atom. The van der Waals surface area contributed by atoms with Gasteiger partial charge in [0, 0.05) is 17.5 Å². The third-order valence-electron chi connectivity index (χ3n) is 7.14. The molecule has 2 aromatic rings. The summed E-state index contributed by atoms with van der Waals surface area (Å²) in [4.78, 5) is 36.5. The molecular formula is C27H32N2O4. The van der Waals surface area contributed by atoms with Crippen LogP contribution in [-0.4, -0.2) is 28.4 Å². The number of carboxylic acid groups (broad SMARTS) is 1. The predicted octanol–water partition coefficient (Wildman–Crippen LogP) is 4.29. The van der Waals surface area contributed by atoms with Crippen molar-refractivity contribution in [2.45, 2.75) is 63.8 Å². The zero-order valence-corrected chi connectivity index (χ0v) is 19.3. The van der Waals surface area contributed by atoms with E-state index in [1.165, 1.54) is 30.5 Å². The lowest BCUT2D eigenvalue weighted by atomic mass is 9.78. The minimum atomic E-state index is -1.25. The van der Waals surface area contributed by atoms with Crippen LogP contribution in [0.1, 0.15) is 62.1 Å². The van der Waals surface area contributed by atoms with Crippen LogP contribution >= 0.6 is 0 Å². The van der Waals surface area contributed by atoms with E-state index in [0.717, 1.165) is 44.2 Å². The molecule has 0 unspecified atom stereocenters. The minimum Gasteiger partial charge on any atom is -0.480 e. The number of anilines is 1. The molecule has 2 aromatic carbocycles. The van der Waals surface area contributed by atoms with Crippen LogP contribution < -0.4 is 10.6 Å². The summed E-state index contributed by atoms with van der Waals surface area (Å²) in [5.41, 5.74) is 3.30. The van der Waals surface area contributed by atoms with E-state index >= 15 is 0 Å². The smallest absolute Gasteiger partial charge is 0.328 e. The Labute approximate surface area is 194 Å². The second-order valence-corrected chi connectivity index (χ2v) is 9.95. The van der Waals surface area contributed by atoms with Crippen molar-refractivity contribution >= 4 is 23.5 Å². The number of nitrogens with one attached hydrogen (secondary N) is 2. The largest absolute Gasteiger partial charge is 0.480 e. The van der Waals surface area contributed by atoms with Crippen molar-refractivity contribution in [3.05, 3.63) is 65.2 Å². The molecule has 4 rings (SSSR count). The second-order valence-electron chi connectivity index (χ2n) is 9.95. The molecule has 1 fully saturated rings. The first-order chi connectivity index (χ1) is 15.7. The molecule has 6 nitrogen and oxygen atoms in total. The zero-order valence-electron chi connectivity index (χ0n) is 19.3. The van der Waals surface area contributed by atoms with Crippen molar-refractivity contribution in [1.29, 1.82) is 0 Å². The molecule has 6 heteroatoms. The molecule has 0 bridgehead atoms. The second kappa shape index (κ2) is 9.38. The van der Waals surface area contributed by atoms with Gasteiger partial charge in [0.05, 0.1) is 0 Å². The Morgan fingerprint density at radius 3 is 1.94 bits per heavy atom. The van der Waals surface area contributed by atoms with Crippen molar-refractivity contribution in [3.63, 3.8) is 0 Å². The Hall–Kier alpha value is -3.15. The monoisotopic (exact) mass is 448 g/mol. The SMILES string of the molecule is CC(C)(NC(=O)[C@H]1CC[C@H](c2ccc(NC(=O)C3Cc4ccccc4C3)cc2)CC1)C(=O)O. The highest BCUT2D eigenvalue weighted by molar-refractivity contribution is 5.93. The van der Waals surface area contributed by atoms with Gasteiger partial charge in [-0.3, -0.25) is 9.59 Å². The molecule has 2 aliphatic carbocycles. The number of carbonyl (C=O) groups is 3. The summed E-state index contributed by atoms with van der Waals surface area (Å²) in [6, 6.07) is 16.3. The van der Waals surface area contributed by atoms with Gasteiger partial charge in [0.1, 0.15) is 5.54 Å². The highest BCUT2D eigenvalue weighted by Crippen LogP contribution is 2.36. The average molecular weight is 449 g/mol. The highest BCUT2D eigenvalue weighted by Gasteiger charge is 2.34. The number of hydrogen-bond donors (Lipinski definition) is 3. The van der Waals surface area contributed by atoms with E-state index in [1.54, 1.807) is 0 Å². The van der Waals surface area contributed by atoms with Crippen LogP contribution in [0.5, 0.6) is 0 Å². The van der Waals surface area contributed by atoms with E-state index in [4.69, 9.17) is 0 Å². The average Bonchev–Trinajstić information content (AvgIpc) is 3.24. The Kier molecular flexibility index (Phi) is 6.54. The van der Waals surface area contributed by atoms with Crippen LogP contribution in [0.15, 0.2) is 48.5 Å². The molecule has 0 spiro atoms. The van der Waals surface area contributed by atoms with Gasteiger partial charge in [0.15, 0.2) is 0 Å². The van der Waals surface area contributed by atoms with Gasteiger partial charge in [-0.05, 0) is 87.1 Å². The molecule has 0 atom stereocenters. The summed E-state index contributed by atoms with van der Waals surface area (Å²) in [6.45, 7) is 3.01. The molecule has 0 saturated heterocycles. The normalized spacial score (nSPS) is 20.7. The lowest BCUT2D eigenvalue weighted by Crippen LogP contribution is -2.51. The lowest BCUT2D eigenvalue weighted by Gasteiger charge is -2.30. The van der Waals surface area contributed by atoms with Crippen LogP contribution in [0.3, 0.4) is 0 Å². The molecule has 174 valence electrons. The number of hydrogen-bond acceptors (Lipinski definition) is 3. The molecule has 0 radical (unpaired) electrons. The Bertz CT molecular complexity index is 1010. The number of benzene rings is 2. The third-order valence-corrected chi connectivity index (χ3v) is 7.14. The van der Waals surface area contributed by atoms with Gasteiger partial charge < -0.3 is 15.7 Å². The van der Waals surface area contributed by atoms with Crippen LogP contribution in [0.4, 0.5) is 5.69 Å². The number of rotatable bonds is 6. The van der Waals surface area contributed by atoms with E-state index in [2.05, 4.69) is 34.9 Å². The van der Waals surface area contributed by atoms with Gasteiger partial charge in [-0.25, -0.2) is 4.79 Å². The number of amides is 2. The molecule has 2 amide bonds. The third kappa shape index (κ3) is 5.27. The Balaban J connectivity index is 1.27. The summed E-state index contributed by atoms with van der Waals surface area (Å²) in [7, 11) is 0. The molecule has 3 N–H and O–H groups in total. The first-order valence-corrected chi connectivity index (χ1v) is 11.8. The van der Waals surface area contributed by atoms with E-state index in [9.17, 15) is 19.5 Å². The first-order valence-electron chi connectivity index (χ1n) is 11.8. The van der Waals surface area contributed by atoms with E-state index in [0.29, 0.717) is 5.92 Å². The number of carboxylic acids is 1. The summed E-state index contributed by atoms with van der Waals surface area (Å²) < 4.78 is 0. The lowest BCUT2D eigenvalue weighted by molar-refractivity contribution is -0.146. The maximum absolute atomic E-state index is 12.7. The number of fused-ring (bicyclic) bond motifs is 1. The summed E-state index contributed by atoms with van der Waals surface area (Å²) in [6.07, 6.45) is 4.84. The zero-order chi connectivity index (χ0) is 23.6. The van der Waals surface area contributed by atoms with Crippen molar-refractivity contribution in [1.82, 2.24) is 5.32 Å². The molecule has 0 aliphatic heterocycles. The van der Waals surface area contributed by atoms with Crippen LogP contribution in [0.25, 0.3) is 0 Å². The van der Waals surface area contributed by atoms with Crippen molar-refractivity contribution in [2.75, 3.05) is 5.32 Å². The van der Waals surface area contributed by atoms with Crippen molar-refractivity contribution in [3.8, 4) is 0 Å². The van der Waals surface area contributed by atoms with Crippen molar-refractivity contribution < 1.29 is 19.5 Å². The van der Waals surface area contributed by atoms with Gasteiger partial charge in [-0.1, -0.05) is 36.4 Å². The van der Waals surface area contributed by atoms with E-state index in [1.807, 2.05) is 24.3 Å².